The lowest BCUT2D eigenvalue weighted by atomic mass is 9.92. The summed E-state index contributed by atoms with van der Waals surface area (Å²) in [6.07, 6.45) is -0.0135. The molecule has 0 aromatic rings. The van der Waals surface area contributed by atoms with Crippen LogP contribution >= 0.6 is 0 Å². The van der Waals surface area contributed by atoms with E-state index in [-0.39, 0.29) is 19.3 Å². The van der Waals surface area contributed by atoms with E-state index in [1.54, 1.807) is 6.92 Å². The molecule has 0 saturated heterocycles. The Balaban J connectivity index is 4.15. The molecule has 0 aromatic heterocycles. The van der Waals surface area contributed by atoms with Gasteiger partial charge in [0.2, 0.25) is 0 Å². The van der Waals surface area contributed by atoms with Gasteiger partial charge in [0.25, 0.3) is 0 Å². The van der Waals surface area contributed by atoms with E-state index in [4.69, 9.17) is 15.9 Å². The maximum Gasteiger partial charge on any atom is 0.323 e. The molecule has 0 rings (SSSR count). The smallest absolute Gasteiger partial charge is 0.323 e. The van der Waals surface area contributed by atoms with Crippen LogP contribution in [0.15, 0.2) is 0 Å². The number of hydrogen-bond acceptors (Lipinski definition) is 3. The van der Waals surface area contributed by atoms with Gasteiger partial charge in [-0.15, -0.1) is 0 Å². The molecule has 0 unspecified atom stereocenters. The summed E-state index contributed by atoms with van der Waals surface area (Å²) in [6.45, 7) is 1.62. The molecule has 5 nitrogen and oxygen atoms in total. The molecule has 0 aromatic carbocycles. The highest BCUT2D eigenvalue weighted by atomic mass is 16.4. The summed E-state index contributed by atoms with van der Waals surface area (Å²) in [4.78, 5) is 20.7. The SMILES string of the molecule is CC[C@](N)(CCC(=O)O)C(=O)O. The van der Waals surface area contributed by atoms with Gasteiger partial charge in [-0.2, -0.15) is 0 Å². The maximum atomic E-state index is 10.5. The molecule has 0 aliphatic heterocycles. The van der Waals surface area contributed by atoms with Crippen molar-refractivity contribution in [2.75, 3.05) is 0 Å². The van der Waals surface area contributed by atoms with Crippen LogP contribution in [0, 0.1) is 0 Å². The van der Waals surface area contributed by atoms with Gasteiger partial charge in [-0.1, -0.05) is 6.92 Å². The molecule has 0 aliphatic carbocycles. The van der Waals surface area contributed by atoms with Crippen molar-refractivity contribution in [2.24, 2.45) is 5.73 Å². The maximum absolute atomic E-state index is 10.5. The summed E-state index contributed by atoms with van der Waals surface area (Å²) >= 11 is 0. The number of nitrogens with two attached hydrogens (primary N) is 1. The minimum Gasteiger partial charge on any atom is -0.481 e. The van der Waals surface area contributed by atoms with Gasteiger partial charge >= 0.3 is 11.9 Å². The third-order valence-corrected chi connectivity index (χ3v) is 1.84. The summed E-state index contributed by atoms with van der Waals surface area (Å²) in [7, 11) is 0. The average molecular weight is 175 g/mol. The third-order valence-electron chi connectivity index (χ3n) is 1.84. The Morgan fingerprint density at radius 3 is 2.17 bits per heavy atom. The highest BCUT2D eigenvalue weighted by molar-refractivity contribution is 5.79. The van der Waals surface area contributed by atoms with Gasteiger partial charge in [0.1, 0.15) is 5.54 Å². The molecule has 12 heavy (non-hydrogen) atoms. The number of hydrogen-bond donors (Lipinski definition) is 3. The van der Waals surface area contributed by atoms with Gasteiger partial charge in [0, 0.05) is 6.42 Å². The molecule has 0 bridgehead atoms. The molecule has 5 heteroatoms. The van der Waals surface area contributed by atoms with Gasteiger partial charge in [0.15, 0.2) is 0 Å². The molecule has 4 N–H and O–H groups in total. The number of carbonyl (C=O) groups is 2. The molecule has 0 radical (unpaired) electrons. The molecule has 0 spiro atoms. The molecule has 0 heterocycles. The minimum absolute atomic E-state index is 0.0336. The van der Waals surface area contributed by atoms with E-state index in [1.807, 2.05) is 0 Å². The molecular weight excluding hydrogens is 162 g/mol. The van der Waals surface area contributed by atoms with Crippen LogP contribution in [0.4, 0.5) is 0 Å². The molecule has 0 fully saturated rings. The van der Waals surface area contributed by atoms with Gasteiger partial charge in [-0.05, 0) is 12.8 Å². The molecule has 0 saturated carbocycles. The Bertz CT molecular complexity index is 192. The van der Waals surface area contributed by atoms with Gasteiger partial charge < -0.3 is 15.9 Å². The fourth-order valence-corrected chi connectivity index (χ4v) is 0.765. The summed E-state index contributed by atoms with van der Waals surface area (Å²) in [5, 5.41) is 16.9. The number of carboxylic acid groups (broad SMARTS) is 2. The first-order valence-corrected chi connectivity index (χ1v) is 3.66. The fourth-order valence-electron chi connectivity index (χ4n) is 0.765. The second-order valence-corrected chi connectivity index (χ2v) is 2.71. The highest BCUT2D eigenvalue weighted by Gasteiger charge is 2.31. The van der Waals surface area contributed by atoms with Gasteiger partial charge in [-0.25, -0.2) is 0 Å². The zero-order chi connectivity index (χ0) is 9.78. The molecular formula is C7H13NO4. The normalized spacial score (nSPS) is 15.2. The van der Waals surface area contributed by atoms with Gasteiger partial charge in [-0.3, -0.25) is 9.59 Å². The summed E-state index contributed by atoms with van der Waals surface area (Å²) in [5.74, 6) is -2.18. The number of aliphatic carboxylic acids is 2. The number of rotatable bonds is 5. The Morgan fingerprint density at radius 2 is 1.92 bits per heavy atom. The molecule has 70 valence electrons. The quantitative estimate of drug-likeness (QED) is 0.547. The third kappa shape index (κ3) is 2.87. The zero-order valence-electron chi connectivity index (χ0n) is 6.91. The lowest BCUT2D eigenvalue weighted by molar-refractivity contribution is -0.144. The average Bonchev–Trinajstić information content (AvgIpc) is 1.99. The van der Waals surface area contributed by atoms with E-state index < -0.39 is 17.5 Å². The lowest BCUT2D eigenvalue weighted by Crippen LogP contribution is -2.47. The Hall–Kier alpha value is -1.10. The summed E-state index contributed by atoms with van der Waals surface area (Å²) in [6, 6.07) is 0. The van der Waals surface area contributed by atoms with Crippen LogP contribution in [0.1, 0.15) is 26.2 Å². The van der Waals surface area contributed by atoms with Crippen LogP contribution in [0.2, 0.25) is 0 Å². The van der Waals surface area contributed by atoms with E-state index in [0.717, 1.165) is 0 Å². The summed E-state index contributed by atoms with van der Waals surface area (Å²) in [5.41, 5.74) is 4.04. The van der Waals surface area contributed by atoms with Crippen LogP contribution < -0.4 is 5.73 Å². The second kappa shape index (κ2) is 4.06. The van der Waals surface area contributed by atoms with Crippen molar-refractivity contribution in [1.82, 2.24) is 0 Å². The molecule has 1 atom stereocenters. The van der Waals surface area contributed by atoms with Crippen molar-refractivity contribution in [1.29, 1.82) is 0 Å². The van der Waals surface area contributed by atoms with E-state index >= 15 is 0 Å². The van der Waals surface area contributed by atoms with Crippen LogP contribution in [0.25, 0.3) is 0 Å². The topological polar surface area (TPSA) is 101 Å². The van der Waals surface area contributed by atoms with Crippen LogP contribution in [-0.2, 0) is 9.59 Å². The first kappa shape index (κ1) is 10.9. The van der Waals surface area contributed by atoms with Crippen LogP contribution in [0.3, 0.4) is 0 Å². The second-order valence-electron chi connectivity index (χ2n) is 2.71. The Kier molecular flexibility index (Phi) is 3.69. The van der Waals surface area contributed by atoms with Crippen molar-refractivity contribution in [2.45, 2.75) is 31.7 Å². The van der Waals surface area contributed by atoms with Gasteiger partial charge in [0.05, 0.1) is 0 Å². The highest BCUT2D eigenvalue weighted by Crippen LogP contribution is 2.14. The van der Waals surface area contributed by atoms with E-state index in [0.29, 0.717) is 0 Å². The first-order chi connectivity index (χ1) is 5.42. The zero-order valence-corrected chi connectivity index (χ0v) is 6.91. The standard InChI is InChI=1S/C7H13NO4/c1-2-7(8,6(11)12)4-3-5(9)10/h2-4,8H2,1H3,(H,9,10)(H,11,12)/t7-/m0/s1. The monoisotopic (exact) mass is 175 g/mol. The van der Waals surface area contributed by atoms with Crippen LogP contribution in [0.5, 0.6) is 0 Å². The van der Waals surface area contributed by atoms with E-state index in [2.05, 4.69) is 0 Å². The molecule has 0 amide bonds. The predicted octanol–water partition coefficient (Wildman–Crippen LogP) is 0.0433. The molecule has 0 aliphatic rings. The Labute approximate surface area is 70.2 Å². The largest absolute Gasteiger partial charge is 0.481 e. The van der Waals surface area contributed by atoms with E-state index in [1.165, 1.54) is 0 Å². The minimum atomic E-state index is -1.39. The predicted molar refractivity (Wildman–Crippen MR) is 41.7 cm³/mol. The lowest BCUT2D eigenvalue weighted by Gasteiger charge is -2.21. The van der Waals surface area contributed by atoms with Crippen LogP contribution in [-0.4, -0.2) is 27.7 Å². The van der Waals surface area contributed by atoms with Crippen molar-refractivity contribution >= 4 is 11.9 Å². The summed E-state index contributed by atoms with van der Waals surface area (Å²) < 4.78 is 0. The first-order valence-electron chi connectivity index (χ1n) is 3.66. The van der Waals surface area contributed by atoms with Crippen molar-refractivity contribution in [3.8, 4) is 0 Å². The fraction of sp³-hybridized carbons (Fsp3) is 0.714. The van der Waals surface area contributed by atoms with Crippen molar-refractivity contribution < 1.29 is 19.8 Å². The Morgan fingerprint density at radius 1 is 1.42 bits per heavy atom. The van der Waals surface area contributed by atoms with E-state index in [9.17, 15) is 9.59 Å². The number of carboxylic acids is 2. The van der Waals surface area contributed by atoms with Crippen molar-refractivity contribution in [3.05, 3.63) is 0 Å². The van der Waals surface area contributed by atoms with Crippen molar-refractivity contribution in [3.63, 3.8) is 0 Å².